The Kier molecular flexibility index (Phi) is 10.6. The molecule has 5 nitrogen and oxygen atoms in total. The van der Waals surface area contributed by atoms with Gasteiger partial charge < -0.3 is 20.3 Å². The van der Waals surface area contributed by atoms with E-state index in [-0.39, 0.29) is 24.0 Å². The van der Waals surface area contributed by atoms with Crippen molar-refractivity contribution in [2.45, 2.75) is 46.1 Å². The van der Waals surface area contributed by atoms with Crippen molar-refractivity contribution in [3.05, 3.63) is 29.8 Å². The van der Waals surface area contributed by atoms with Crippen molar-refractivity contribution in [3.63, 3.8) is 0 Å². The molecule has 0 bridgehead atoms. The van der Waals surface area contributed by atoms with E-state index in [1.165, 1.54) is 50.9 Å². The third kappa shape index (κ3) is 8.70. The monoisotopic (exact) mass is 514 g/mol. The molecule has 1 saturated carbocycles. The molecule has 2 aliphatic rings. The number of hydrogen-bond donors (Lipinski definition) is 2. The van der Waals surface area contributed by atoms with Crippen molar-refractivity contribution in [2.75, 3.05) is 39.8 Å². The number of hydrogen-bond acceptors (Lipinski definition) is 3. The lowest BCUT2D eigenvalue weighted by molar-refractivity contribution is 0.159. The Hall–Kier alpha value is -1.02. The van der Waals surface area contributed by atoms with Crippen LogP contribution in [0.4, 0.5) is 0 Å². The molecule has 0 spiro atoms. The van der Waals surface area contributed by atoms with Crippen LogP contribution in [0.5, 0.6) is 5.75 Å². The largest absolute Gasteiger partial charge is 0.493 e. The van der Waals surface area contributed by atoms with Gasteiger partial charge in [-0.3, -0.25) is 4.99 Å². The third-order valence-corrected chi connectivity index (χ3v) is 5.60. The van der Waals surface area contributed by atoms with Gasteiger partial charge in [0.25, 0.3) is 0 Å². The zero-order valence-electron chi connectivity index (χ0n) is 18.3. The second kappa shape index (κ2) is 12.6. The summed E-state index contributed by atoms with van der Waals surface area (Å²) in [4.78, 5) is 7.02. The predicted molar refractivity (Wildman–Crippen MR) is 132 cm³/mol. The zero-order chi connectivity index (χ0) is 19.8. The van der Waals surface area contributed by atoms with Crippen LogP contribution >= 0.6 is 24.0 Å². The minimum absolute atomic E-state index is 0. The molecule has 0 aromatic heterocycles. The van der Waals surface area contributed by atoms with Gasteiger partial charge in [-0.1, -0.05) is 32.0 Å². The minimum atomic E-state index is 0. The molecule has 1 aliphatic heterocycles. The highest BCUT2D eigenvalue weighted by molar-refractivity contribution is 14.0. The molecular weight excluding hydrogens is 475 g/mol. The van der Waals surface area contributed by atoms with Crippen LogP contribution in [0.2, 0.25) is 0 Å². The molecule has 1 heterocycles. The Bertz CT molecular complexity index is 633. The number of benzene rings is 1. The van der Waals surface area contributed by atoms with Crippen LogP contribution in [0.15, 0.2) is 29.3 Å². The second-order valence-electron chi connectivity index (χ2n) is 8.83. The van der Waals surface area contributed by atoms with E-state index in [9.17, 15) is 0 Å². The van der Waals surface area contributed by atoms with Crippen LogP contribution in [-0.2, 0) is 6.54 Å². The number of ether oxygens (including phenoxy) is 1. The number of nitrogens with zero attached hydrogens (tertiary/aromatic N) is 2. The standard InChI is InChI=1S/C23H38N4O.HI/c1-18(2)15-27-12-6-7-20(16-27)13-25-23(24-3)26-14-21-8-4-5-9-22(21)28-17-19-10-11-19;/h4-5,8-9,18-20H,6-7,10-17H2,1-3H3,(H2,24,25,26);1H. The molecule has 1 unspecified atom stereocenters. The van der Waals surface area contributed by atoms with Crippen LogP contribution < -0.4 is 15.4 Å². The molecule has 164 valence electrons. The lowest BCUT2D eigenvalue weighted by Gasteiger charge is -2.34. The van der Waals surface area contributed by atoms with E-state index in [1.807, 2.05) is 13.1 Å². The average molecular weight is 514 g/mol. The van der Waals surface area contributed by atoms with E-state index in [4.69, 9.17) is 4.74 Å². The molecule has 2 fully saturated rings. The maximum atomic E-state index is 6.02. The average Bonchev–Trinajstić information content (AvgIpc) is 3.51. The highest BCUT2D eigenvalue weighted by atomic mass is 127. The molecule has 3 rings (SSSR count). The Balaban J connectivity index is 0.00000300. The van der Waals surface area contributed by atoms with Gasteiger partial charge >= 0.3 is 0 Å². The molecule has 1 aromatic carbocycles. The van der Waals surface area contributed by atoms with Gasteiger partial charge in [0.05, 0.1) is 6.61 Å². The van der Waals surface area contributed by atoms with Gasteiger partial charge in [-0.25, -0.2) is 0 Å². The summed E-state index contributed by atoms with van der Waals surface area (Å²) in [6, 6.07) is 8.32. The predicted octanol–water partition coefficient (Wildman–Crippen LogP) is 4.13. The number of aliphatic imine (C=N–C) groups is 1. The summed E-state index contributed by atoms with van der Waals surface area (Å²) < 4.78 is 6.02. The van der Waals surface area contributed by atoms with E-state index in [0.29, 0.717) is 5.92 Å². The van der Waals surface area contributed by atoms with Gasteiger partial charge in [0.15, 0.2) is 5.96 Å². The first-order valence-electron chi connectivity index (χ1n) is 11.0. The van der Waals surface area contributed by atoms with Crippen LogP contribution in [-0.4, -0.2) is 50.7 Å². The van der Waals surface area contributed by atoms with Gasteiger partial charge in [0.2, 0.25) is 0 Å². The number of nitrogens with one attached hydrogen (secondary N) is 2. The quantitative estimate of drug-likeness (QED) is 0.296. The maximum Gasteiger partial charge on any atom is 0.191 e. The van der Waals surface area contributed by atoms with Crippen LogP contribution in [0.25, 0.3) is 0 Å². The fourth-order valence-corrected chi connectivity index (χ4v) is 3.92. The van der Waals surface area contributed by atoms with E-state index < -0.39 is 0 Å². The second-order valence-corrected chi connectivity index (χ2v) is 8.83. The smallest absolute Gasteiger partial charge is 0.191 e. The lowest BCUT2D eigenvalue weighted by atomic mass is 9.97. The normalized spacial score (nSPS) is 20.3. The summed E-state index contributed by atoms with van der Waals surface area (Å²) in [6.07, 6.45) is 5.23. The van der Waals surface area contributed by atoms with Crippen LogP contribution in [0.3, 0.4) is 0 Å². The Morgan fingerprint density at radius 2 is 1.97 bits per heavy atom. The Morgan fingerprint density at radius 1 is 1.17 bits per heavy atom. The Labute approximate surface area is 194 Å². The van der Waals surface area contributed by atoms with E-state index in [2.05, 4.69) is 52.6 Å². The van der Waals surface area contributed by atoms with Gasteiger partial charge in [0.1, 0.15) is 5.75 Å². The van der Waals surface area contributed by atoms with Crippen molar-refractivity contribution in [3.8, 4) is 5.75 Å². The summed E-state index contributed by atoms with van der Waals surface area (Å²) in [5.41, 5.74) is 1.19. The molecule has 1 aromatic rings. The SMILES string of the molecule is CN=C(NCc1ccccc1OCC1CC1)NCC1CCCN(CC(C)C)C1.I. The zero-order valence-corrected chi connectivity index (χ0v) is 20.7. The molecule has 2 N–H and O–H groups in total. The number of guanidine groups is 1. The highest BCUT2D eigenvalue weighted by Gasteiger charge is 2.22. The number of piperidine rings is 1. The molecule has 29 heavy (non-hydrogen) atoms. The first-order valence-corrected chi connectivity index (χ1v) is 11.0. The maximum absolute atomic E-state index is 6.02. The first-order chi connectivity index (χ1) is 13.6. The van der Waals surface area contributed by atoms with Gasteiger partial charge in [0, 0.05) is 38.8 Å². The topological polar surface area (TPSA) is 48.9 Å². The van der Waals surface area contributed by atoms with Crippen molar-refractivity contribution in [1.82, 2.24) is 15.5 Å². The molecule has 0 amide bonds. The number of likely N-dealkylation sites (tertiary alicyclic amines) is 1. The lowest BCUT2D eigenvalue weighted by Crippen LogP contribution is -2.45. The molecule has 6 heteroatoms. The van der Waals surface area contributed by atoms with E-state index >= 15 is 0 Å². The number of halogens is 1. The van der Waals surface area contributed by atoms with Crippen molar-refractivity contribution < 1.29 is 4.74 Å². The van der Waals surface area contributed by atoms with Crippen LogP contribution in [0, 0.1) is 17.8 Å². The molecule has 1 atom stereocenters. The number of para-hydroxylation sites is 1. The van der Waals surface area contributed by atoms with Gasteiger partial charge in [-0.2, -0.15) is 0 Å². The van der Waals surface area contributed by atoms with Gasteiger partial charge in [-0.15, -0.1) is 24.0 Å². The van der Waals surface area contributed by atoms with Gasteiger partial charge in [-0.05, 0) is 56.0 Å². The fourth-order valence-electron chi connectivity index (χ4n) is 3.92. The molecule has 1 saturated heterocycles. The summed E-state index contributed by atoms with van der Waals surface area (Å²) in [5, 5.41) is 6.99. The van der Waals surface area contributed by atoms with Crippen LogP contribution in [0.1, 0.15) is 45.1 Å². The fraction of sp³-hybridized carbons (Fsp3) is 0.696. The number of rotatable bonds is 9. The van der Waals surface area contributed by atoms with E-state index in [1.54, 1.807) is 0 Å². The van der Waals surface area contributed by atoms with Crippen molar-refractivity contribution in [1.29, 1.82) is 0 Å². The summed E-state index contributed by atoms with van der Waals surface area (Å²) in [6.45, 7) is 10.8. The summed E-state index contributed by atoms with van der Waals surface area (Å²) in [7, 11) is 1.84. The summed E-state index contributed by atoms with van der Waals surface area (Å²) in [5.74, 6) is 4.07. The highest BCUT2D eigenvalue weighted by Crippen LogP contribution is 2.30. The molecule has 0 radical (unpaired) electrons. The molecular formula is C23H39IN4O. The minimum Gasteiger partial charge on any atom is -0.493 e. The van der Waals surface area contributed by atoms with Crippen molar-refractivity contribution in [2.24, 2.45) is 22.7 Å². The first kappa shape index (κ1) is 24.3. The van der Waals surface area contributed by atoms with E-state index in [0.717, 1.165) is 43.2 Å². The molecule has 1 aliphatic carbocycles. The van der Waals surface area contributed by atoms with Crippen molar-refractivity contribution >= 4 is 29.9 Å². The summed E-state index contributed by atoms with van der Waals surface area (Å²) >= 11 is 0. The Morgan fingerprint density at radius 3 is 2.69 bits per heavy atom. The third-order valence-electron chi connectivity index (χ3n) is 5.60.